The molecule has 1 fully saturated rings. The van der Waals surface area contributed by atoms with Gasteiger partial charge in [0.25, 0.3) is 0 Å². The summed E-state index contributed by atoms with van der Waals surface area (Å²) in [5.41, 5.74) is -0.383. The van der Waals surface area contributed by atoms with Crippen LogP contribution in [0.4, 0.5) is 5.69 Å². The second-order valence-electron chi connectivity index (χ2n) is 6.59. The van der Waals surface area contributed by atoms with Crippen LogP contribution >= 0.6 is 15.9 Å². The van der Waals surface area contributed by atoms with Crippen LogP contribution in [0.5, 0.6) is 0 Å². The lowest BCUT2D eigenvalue weighted by molar-refractivity contribution is -0.147. The van der Waals surface area contributed by atoms with Gasteiger partial charge in [0.15, 0.2) is 0 Å². The van der Waals surface area contributed by atoms with Crippen molar-refractivity contribution in [2.24, 2.45) is 11.3 Å². The highest BCUT2D eigenvalue weighted by Gasteiger charge is 2.40. The van der Waals surface area contributed by atoms with Crippen LogP contribution in [0.1, 0.15) is 33.6 Å². The number of rotatable bonds is 3. The van der Waals surface area contributed by atoms with Gasteiger partial charge in [0.2, 0.25) is 11.8 Å². The van der Waals surface area contributed by atoms with Crippen molar-refractivity contribution in [1.82, 2.24) is 4.90 Å². The molecule has 1 atom stereocenters. The quantitative estimate of drug-likeness (QED) is 0.829. The van der Waals surface area contributed by atoms with Gasteiger partial charge in [0, 0.05) is 23.2 Å². The smallest absolute Gasteiger partial charge is 0.239 e. The molecule has 0 bridgehead atoms. The number of piperidine rings is 1. The number of nitrogens with one attached hydrogen (secondary N) is 1. The van der Waals surface area contributed by atoms with Gasteiger partial charge in [-0.3, -0.25) is 9.59 Å². The minimum Gasteiger partial charge on any atom is -0.342 e. The first-order valence-electron chi connectivity index (χ1n) is 7.67. The van der Waals surface area contributed by atoms with Gasteiger partial charge in [-0.2, -0.15) is 0 Å². The van der Waals surface area contributed by atoms with Crippen molar-refractivity contribution in [3.05, 3.63) is 28.7 Å². The molecule has 0 radical (unpaired) electrons. The molecule has 0 aromatic heterocycles. The Labute approximate surface area is 140 Å². The van der Waals surface area contributed by atoms with E-state index in [-0.39, 0.29) is 11.8 Å². The van der Waals surface area contributed by atoms with Crippen LogP contribution in [0.25, 0.3) is 0 Å². The highest BCUT2D eigenvalue weighted by atomic mass is 79.9. The second kappa shape index (κ2) is 6.82. The molecule has 1 heterocycles. The lowest BCUT2D eigenvalue weighted by atomic mass is 9.88. The van der Waals surface area contributed by atoms with E-state index in [9.17, 15) is 9.59 Å². The highest BCUT2D eigenvalue weighted by molar-refractivity contribution is 9.10. The summed E-state index contributed by atoms with van der Waals surface area (Å²) in [6, 6.07) is 7.37. The molecule has 5 heteroatoms. The molecule has 2 amide bonds. The SMILES string of the molecule is CC1CCCN(C(=O)C(C)(C)C(=O)Nc2cccc(Br)c2)C1. The van der Waals surface area contributed by atoms with E-state index in [1.807, 2.05) is 29.2 Å². The van der Waals surface area contributed by atoms with E-state index in [4.69, 9.17) is 0 Å². The molecule has 1 N–H and O–H groups in total. The number of carbonyl (C=O) groups excluding carboxylic acids is 2. The fraction of sp³-hybridized carbons (Fsp3) is 0.529. The molecule has 1 aromatic carbocycles. The molecule has 1 aromatic rings. The van der Waals surface area contributed by atoms with Gasteiger partial charge < -0.3 is 10.2 Å². The van der Waals surface area contributed by atoms with E-state index < -0.39 is 5.41 Å². The average molecular weight is 367 g/mol. The van der Waals surface area contributed by atoms with Crippen LogP contribution in [0, 0.1) is 11.3 Å². The molecular formula is C17H23BrN2O2. The maximum Gasteiger partial charge on any atom is 0.239 e. The second-order valence-corrected chi connectivity index (χ2v) is 7.50. The predicted molar refractivity (Wildman–Crippen MR) is 91.5 cm³/mol. The summed E-state index contributed by atoms with van der Waals surface area (Å²) in [4.78, 5) is 27.1. The molecule has 0 saturated carbocycles. The third-order valence-electron chi connectivity index (χ3n) is 4.13. The number of likely N-dealkylation sites (tertiary alicyclic amines) is 1. The third-order valence-corrected chi connectivity index (χ3v) is 4.62. The first kappa shape index (κ1) is 17.0. The van der Waals surface area contributed by atoms with Gasteiger partial charge in [0.05, 0.1) is 0 Å². The first-order chi connectivity index (χ1) is 10.3. The summed E-state index contributed by atoms with van der Waals surface area (Å²) in [5.74, 6) is 0.141. The molecule has 0 spiro atoms. The standard InChI is InChI=1S/C17H23BrN2O2/c1-12-6-5-9-20(11-12)16(22)17(2,3)15(21)19-14-8-4-7-13(18)10-14/h4,7-8,10,12H,5-6,9,11H2,1-3H3,(H,19,21). The maximum atomic E-state index is 12.7. The zero-order chi connectivity index (χ0) is 16.3. The van der Waals surface area contributed by atoms with Crippen molar-refractivity contribution in [3.8, 4) is 0 Å². The van der Waals surface area contributed by atoms with Gasteiger partial charge in [0.1, 0.15) is 5.41 Å². The molecular weight excluding hydrogens is 344 g/mol. The summed E-state index contributed by atoms with van der Waals surface area (Å²) in [6.07, 6.45) is 2.16. The number of hydrogen-bond donors (Lipinski definition) is 1. The van der Waals surface area contributed by atoms with E-state index >= 15 is 0 Å². The number of benzene rings is 1. The lowest BCUT2D eigenvalue weighted by Crippen LogP contribution is -2.50. The summed E-state index contributed by atoms with van der Waals surface area (Å²) in [7, 11) is 0. The number of hydrogen-bond acceptors (Lipinski definition) is 2. The van der Waals surface area contributed by atoms with Crippen LogP contribution in [-0.4, -0.2) is 29.8 Å². The predicted octanol–water partition coefficient (Wildman–Crippen LogP) is 3.67. The van der Waals surface area contributed by atoms with E-state index in [0.29, 0.717) is 11.6 Å². The number of carbonyl (C=O) groups is 2. The Morgan fingerprint density at radius 2 is 2.09 bits per heavy atom. The summed E-state index contributed by atoms with van der Waals surface area (Å²) >= 11 is 3.37. The topological polar surface area (TPSA) is 49.4 Å². The Kier molecular flexibility index (Phi) is 5.27. The zero-order valence-corrected chi connectivity index (χ0v) is 14.9. The van der Waals surface area contributed by atoms with Gasteiger partial charge in [-0.05, 0) is 50.8 Å². The number of halogens is 1. The molecule has 120 valence electrons. The molecule has 2 rings (SSSR count). The Balaban J connectivity index is 2.07. The zero-order valence-electron chi connectivity index (χ0n) is 13.4. The summed E-state index contributed by atoms with van der Waals surface area (Å²) in [6.45, 7) is 7.03. The molecule has 22 heavy (non-hydrogen) atoms. The van der Waals surface area contributed by atoms with Crippen LogP contribution < -0.4 is 5.32 Å². The molecule has 1 saturated heterocycles. The van der Waals surface area contributed by atoms with Gasteiger partial charge in [-0.25, -0.2) is 0 Å². The monoisotopic (exact) mass is 366 g/mol. The lowest BCUT2D eigenvalue weighted by Gasteiger charge is -2.36. The molecule has 1 aliphatic heterocycles. The normalized spacial score (nSPS) is 18.9. The van der Waals surface area contributed by atoms with Crippen molar-refractivity contribution in [3.63, 3.8) is 0 Å². The minimum absolute atomic E-state index is 0.0912. The molecule has 0 aliphatic carbocycles. The fourth-order valence-corrected chi connectivity index (χ4v) is 3.12. The van der Waals surface area contributed by atoms with E-state index in [2.05, 4.69) is 28.2 Å². The van der Waals surface area contributed by atoms with Crippen LogP contribution in [-0.2, 0) is 9.59 Å². The van der Waals surface area contributed by atoms with E-state index in [0.717, 1.165) is 30.4 Å². The van der Waals surface area contributed by atoms with Crippen molar-refractivity contribution < 1.29 is 9.59 Å². The van der Waals surface area contributed by atoms with Crippen molar-refractivity contribution in [2.45, 2.75) is 33.6 Å². The van der Waals surface area contributed by atoms with Crippen LogP contribution in [0.15, 0.2) is 28.7 Å². The number of nitrogens with zero attached hydrogens (tertiary/aromatic N) is 1. The Hall–Kier alpha value is -1.36. The van der Waals surface area contributed by atoms with Gasteiger partial charge >= 0.3 is 0 Å². The molecule has 1 aliphatic rings. The average Bonchev–Trinajstić information content (AvgIpc) is 2.46. The van der Waals surface area contributed by atoms with E-state index in [1.54, 1.807) is 13.8 Å². The first-order valence-corrected chi connectivity index (χ1v) is 8.46. The number of anilines is 1. The minimum atomic E-state index is -1.07. The molecule has 1 unspecified atom stereocenters. The van der Waals surface area contributed by atoms with Crippen molar-refractivity contribution in [2.75, 3.05) is 18.4 Å². The number of amides is 2. The Bertz CT molecular complexity index is 572. The highest BCUT2D eigenvalue weighted by Crippen LogP contribution is 2.26. The maximum absolute atomic E-state index is 12.7. The van der Waals surface area contributed by atoms with Crippen molar-refractivity contribution in [1.29, 1.82) is 0 Å². The van der Waals surface area contributed by atoms with Gasteiger partial charge in [-0.1, -0.05) is 28.9 Å². The van der Waals surface area contributed by atoms with Gasteiger partial charge in [-0.15, -0.1) is 0 Å². The Morgan fingerprint density at radius 1 is 1.36 bits per heavy atom. The largest absolute Gasteiger partial charge is 0.342 e. The van der Waals surface area contributed by atoms with Crippen LogP contribution in [0.3, 0.4) is 0 Å². The summed E-state index contributed by atoms with van der Waals surface area (Å²) < 4.78 is 0.888. The summed E-state index contributed by atoms with van der Waals surface area (Å²) in [5, 5.41) is 2.84. The van der Waals surface area contributed by atoms with Crippen molar-refractivity contribution >= 4 is 33.4 Å². The molecule has 4 nitrogen and oxygen atoms in total. The van der Waals surface area contributed by atoms with E-state index in [1.165, 1.54) is 0 Å². The fourth-order valence-electron chi connectivity index (χ4n) is 2.72. The van der Waals surface area contributed by atoms with Crippen LogP contribution in [0.2, 0.25) is 0 Å². The Morgan fingerprint density at radius 3 is 2.73 bits per heavy atom. The third kappa shape index (κ3) is 3.88.